The molecule has 0 fully saturated rings. The summed E-state index contributed by atoms with van der Waals surface area (Å²) < 4.78 is 27.4. The van der Waals surface area contributed by atoms with Gasteiger partial charge >= 0.3 is 5.97 Å². The Hall–Kier alpha value is -1.40. The molecule has 1 aromatic carbocycles. The van der Waals surface area contributed by atoms with E-state index in [9.17, 15) is 18.0 Å². The molecule has 1 rings (SSSR count). The maximum atomic E-state index is 12.2. The number of benzene rings is 1. The van der Waals surface area contributed by atoms with Gasteiger partial charge in [-0.3, -0.25) is 9.59 Å². The van der Waals surface area contributed by atoms with E-state index in [0.29, 0.717) is 0 Å². The first-order valence-corrected chi connectivity index (χ1v) is 7.98. The number of hydrogen-bond acceptors (Lipinski definition) is 5. The normalized spacial score (nSPS) is 14.4. The highest BCUT2D eigenvalue weighted by Gasteiger charge is 2.33. The van der Waals surface area contributed by atoms with Crippen molar-refractivity contribution >= 4 is 33.2 Å². The largest absolute Gasteiger partial charge is 0.464 e. The van der Waals surface area contributed by atoms with Crippen molar-refractivity contribution < 1.29 is 22.7 Å². The van der Waals surface area contributed by atoms with Crippen LogP contribution in [0.2, 0.25) is 0 Å². The molecule has 0 aliphatic heterocycles. The molecule has 0 radical (unpaired) electrons. The van der Waals surface area contributed by atoms with Gasteiger partial charge in [-0.25, -0.2) is 8.42 Å². The van der Waals surface area contributed by atoms with Crippen LogP contribution < -0.4 is 0 Å². The first kappa shape index (κ1) is 16.7. The number of halogens is 1. The zero-order chi connectivity index (χ0) is 15.6. The van der Waals surface area contributed by atoms with E-state index in [4.69, 9.17) is 16.3 Å². The summed E-state index contributed by atoms with van der Waals surface area (Å²) in [6, 6.07) is 5.43. The van der Waals surface area contributed by atoms with Crippen LogP contribution in [0.5, 0.6) is 0 Å². The standard InChI is InChI=1S/C13H15ClO5S/c1-9(15)19-8-13(2,14)12(16)10-4-6-11(7-5-10)20(3,17)18/h4-7H,8H2,1-3H3. The van der Waals surface area contributed by atoms with Gasteiger partial charge in [0.1, 0.15) is 11.5 Å². The van der Waals surface area contributed by atoms with Crippen LogP contribution in [0.3, 0.4) is 0 Å². The van der Waals surface area contributed by atoms with Crippen LogP contribution in [0.25, 0.3) is 0 Å². The summed E-state index contributed by atoms with van der Waals surface area (Å²) in [5.74, 6) is -0.974. The third kappa shape index (κ3) is 4.31. The van der Waals surface area contributed by atoms with Gasteiger partial charge in [-0.2, -0.15) is 0 Å². The minimum absolute atomic E-state index is 0.116. The number of esters is 1. The number of carbonyl (C=O) groups is 2. The summed E-state index contributed by atoms with van der Waals surface area (Å²) in [4.78, 5) is 21.6. The third-order valence-corrected chi connectivity index (χ3v) is 3.97. The number of hydrogen-bond donors (Lipinski definition) is 0. The molecule has 0 aliphatic carbocycles. The smallest absolute Gasteiger partial charge is 0.302 e. The molecule has 0 aliphatic rings. The highest BCUT2D eigenvalue weighted by molar-refractivity contribution is 7.90. The van der Waals surface area contributed by atoms with E-state index in [1.165, 1.54) is 38.1 Å². The van der Waals surface area contributed by atoms with Crippen LogP contribution in [-0.2, 0) is 19.4 Å². The van der Waals surface area contributed by atoms with Crippen LogP contribution in [0, 0.1) is 0 Å². The molecule has 1 atom stereocenters. The monoisotopic (exact) mass is 318 g/mol. The van der Waals surface area contributed by atoms with E-state index in [1.807, 2.05) is 0 Å². The second-order valence-electron chi connectivity index (χ2n) is 4.60. The van der Waals surface area contributed by atoms with Crippen LogP contribution >= 0.6 is 11.6 Å². The molecule has 1 unspecified atom stereocenters. The fourth-order valence-corrected chi connectivity index (χ4v) is 2.25. The van der Waals surface area contributed by atoms with E-state index in [0.717, 1.165) is 6.26 Å². The van der Waals surface area contributed by atoms with E-state index >= 15 is 0 Å². The Morgan fingerprint density at radius 1 is 1.25 bits per heavy atom. The lowest BCUT2D eigenvalue weighted by atomic mass is 9.99. The van der Waals surface area contributed by atoms with Crippen molar-refractivity contribution in [3.05, 3.63) is 29.8 Å². The van der Waals surface area contributed by atoms with E-state index in [-0.39, 0.29) is 17.1 Å². The number of rotatable bonds is 5. The van der Waals surface area contributed by atoms with Crippen molar-refractivity contribution in [1.82, 2.24) is 0 Å². The predicted molar refractivity (Wildman–Crippen MR) is 74.8 cm³/mol. The molecule has 0 saturated carbocycles. The molecular weight excluding hydrogens is 304 g/mol. The molecule has 0 bridgehead atoms. The zero-order valence-corrected chi connectivity index (χ0v) is 12.9. The molecule has 20 heavy (non-hydrogen) atoms. The highest BCUT2D eigenvalue weighted by atomic mass is 35.5. The van der Waals surface area contributed by atoms with E-state index in [2.05, 4.69) is 0 Å². The number of carbonyl (C=O) groups excluding carboxylic acids is 2. The molecule has 110 valence electrons. The Morgan fingerprint density at radius 2 is 1.75 bits per heavy atom. The quantitative estimate of drug-likeness (QED) is 0.470. The molecule has 0 heterocycles. The highest BCUT2D eigenvalue weighted by Crippen LogP contribution is 2.22. The van der Waals surface area contributed by atoms with Crippen molar-refractivity contribution in [2.24, 2.45) is 0 Å². The Morgan fingerprint density at radius 3 is 2.15 bits per heavy atom. The second-order valence-corrected chi connectivity index (χ2v) is 7.45. The number of alkyl halides is 1. The van der Waals surface area contributed by atoms with Crippen LogP contribution in [-0.4, -0.2) is 37.9 Å². The molecule has 1 aromatic rings. The summed E-state index contributed by atoms with van der Waals surface area (Å²) in [7, 11) is -3.32. The van der Waals surface area contributed by atoms with Crippen molar-refractivity contribution in [2.45, 2.75) is 23.6 Å². The van der Waals surface area contributed by atoms with Gasteiger partial charge in [-0.15, -0.1) is 11.6 Å². The lowest BCUT2D eigenvalue weighted by Crippen LogP contribution is -2.35. The SMILES string of the molecule is CC(=O)OCC(C)(Cl)C(=O)c1ccc(S(C)(=O)=O)cc1. The Balaban J connectivity index is 2.95. The van der Waals surface area contributed by atoms with Crippen molar-refractivity contribution in [1.29, 1.82) is 0 Å². The summed E-state index contributed by atoms with van der Waals surface area (Å²) in [5, 5.41) is 0. The summed E-state index contributed by atoms with van der Waals surface area (Å²) >= 11 is 6.05. The number of Topliss-reactive ketones (excluding diaryl/α,β-unsaturated/α-hetero) is 1. The van der Waals surface area contributed by atoms with Gasteiger partial charge in [0.05, 0.1) is 4.90 Å². The van der Waals surface area contributed by atoms with Gasteiger partial charge in [-0.05, 0) is 19.1 Å². The molecule has 5 nitrogen and oxygen atoms in total. The minimum atomic E-state index is -3.32. The minimum Gasteiger partial charge on any atom is -0.464 e. The lowest BCUT2D eigenvalue weighted by Gasteiger charge is -2.20. The summed E-state index contributed by atoms with van der Waals surface area (Å²) in [6.45, 7) is 2.40. The molecule has 0 amide bonds. The molecule has 0 aromatic heterocycles. The first-order valence-electron chi connectivity index (χ1n) is 5.71. The van der Waals surface area contributed by atoms with Gasteiger partial charge in [0.2, 0.25) is 0 Å². The van der Waals surface area contributed by atoms with Gasteiger partial charge in [0, 0.05) is 18.7 Å². The topological polar surface area (TPSA) is 77.5 Å². The maximum absolute atomic E-state index is 12.2. The van der Waals surface area contributed by atoms with Gasteiger partial charge < -0.3 is 4.74 Å². The Kier molecular flexibility index (Phi) is 4.94. The van der Waals surface area contributed by atoms with Gasteiger partial charge in [-0.1, -0.05) is 12.1 Å². The Labute approximate surface area is 122 Å². The molecule has 0 N–H and O–H groups in total. The van der Waals surface area contributed by atoms with Gasteiger partial charge in [0.15, 0.2) is 15.6 Å². The average Bonchev–Trinajstić information content (AvgIpc) is 2.35. The van der Waals surface area contributed by atoms with E-state index in [1.54, 1.807) is 0 Å². The maximum Gasteiger partial charge on any atom is 0.302 e. The van der Waals surface area contributed by atoms with Crippen LogP contribution in [0.15, 0.2) is 29.2 Å². The number of ether oxygens (including phenoxy) is 1. The number of ketones is 1. The second kappa shape index (κ2) is 5.93. The zero-order valence-electron chi connectivity index (χ0n) is 11.3. The molecule has 0 spiro atoms. The van der Waals surface area contributed by atoms with Crippen LogP contribution in [0.1, 0.15) is 24.2 Å². The van der Waals surface area contributed by atoms with E-state index < -0.39 is 26.5 Å². The van der Waals surface area contributed by atoms with Crippen molar-refractivity contribution in [3.8, 4) is 0 Å². The molecule has 7 heteroatoms. The average molecular weight is 319 g/mol. The molecule has 0 saturated heterocycles. The van der Waals surface area contributed by atoms with Crippen molar-refractivity contribution in [2.75, 3.05) is 12.9 Å². The summed E-state index contributed by atoms with van der Waals surface area (Å²) in [6.07, 6.45) is 1.08. The molecular formula is C13H15ClO5S. The lowest BCUT2D eigenvalue weighted by molar-refractivity contribution is -0.141. The van der Waals surface area contributed by atoms with Gasteiger partial charge in [0.25, 0.3) is 0 Å². The van der Waals surface area contributed by atoms with Crippen LogP contribution in [0.4, 0.5) is 0 Å². The summed E-state index contributed by atoms with van der Waals surface area (Å²) in [5.41, 5.74) is 0.252. The fraction of sp³-hybridized carbons (Fsp3) is 0.385. The third-order valence-electron chi connectivity index (χ3n) is 2.56. The van der Waals surface area contributed by atoms with Crippen molar-refractivity contribution in [3.63, 3.8) is 0 Å². The predicted octanol–water partition coefficient (Wildman–Crippen LogP) is 1.83. The number of sulfone groups is 1. The fourth-order valence-electron chi connectivity index (χ4n) is 1.46. The Bertz CT molecular complexity index is 617. The first-order chi connectivity index (χ1) is 9.04.